The van der Waals surface area contributed by atoms with Gasteiger partial charge in [-0.25, -0.2) is 4.98 Å². The second-order valence-corrected chi connectivity index (χ2v) is 6.57. The van der Waals surface area contributed by atoms with Gasteiger partial charge in [-0.05, 0) is 40.8 Å². The van der Waals surface area contributed by atoms with Crippen LogP contribution in [0.4, 0.5) is 5.82 Å². The Morgan fingerprint density at radius 3 is 2.40 bits per heavy atom. The van der Waals surface area contributed by atoms with Gasteiger partial charge in [0, 0.05) is 49.5 Å². The van der Waals surface area contributed by atoms with E-state index in [9.17, 15) is 0 Å². The first-order valence-electron chi connectivity index (χ1n) is 7.55. The molecule has 1 aliphatic rings. The molecule has 112 valence electrons. The number of pyridine rings is 1. The molecule has 0 saturated carbocycles. The zero-order valence-electron chi connectivity index (χ0n) is 13.5. The van der Waals surface area contributed by atoms with Crippen LogP contribution < -0.4 is 10.2 Å². The molecule has 2 rings (SSSR count). The van der Waals surface area contributed by atoms with Gasteiger partial charge in [-0.3, -0.25) is 4.90 Å². The third-order valence-corrected chi connectivity index (χ3v) is 4.24. The summed E-state index contributed by atoms with van der Waals surface area (Å²) in [7, 11) is 2.00. The van der Waals surface area contributed by atoms with Crippen molar-refractivity contribution >= 4 is 5.82 Å². The standard InChI is InChI=1S/C16H28N4/c1-13(17-5)14-7-6-8-18-15(14)19-9-11-20(12-10-19)16(2,3)4/h6-8,13,17H,9-12H2,1-5H3. The maximum absolute atomic E-state index is 4.63. The molecule has 0 bridgehead atoms. The lowest BCUT2D eigenvalue weighted by Gasteiger charge is -2.43. The van der Waals surface area contributed by atoms with E-state index in [-0.39, 0.29) is 5.54 Å². The number of rotatable bonds is 3. The molecule has 2 heterocycles. The molecule has 0 spiro atoms. The van der Waals surface area contributed by atoms with Gasteiger partial charge >= 0.3 is 0 Å². The molecule has 1 aromatic rings. The van der Waals surface area contributed by atoms with Gasteiger partial charge in [0.25, 0.3) is 0 Å². The van der Waals surface area contributed by atoms with Gasteiger partial charge in [-0.2, -0.15) is 0 Å². The summed E-state index contributed by atoms with van der Waals surface area (Å²) in [5.74, 6) is 1.14. The van der Waals surface area contributed by atoms with Crippen molar-refractivity contribution in [3.8, 4) is 0 Å². The first-order chi connectivity index (χ1) is 9.43. The number of piperazine rings is 1. The predicted molar refractivity (Wildman–Crippen MR) is 85.3 cm³/mol. The minimum Gasteiger partial charge on any atom is -0.354 e. The molecule has 1 N–H and O–H groups in total. The Bertz CT molecular complexity index is 430. The molecule has 1 atom stereocenters. The van der Waals surface area contributed by atoms with Crippen molar-refractivity contribution in [1.29, 1.82) is 0 Å². The van der Waals surface area contributed by atoms with Crippen molar-refractivity contribution in [3.05, 3.63) is 23.9 Å². The fourth-order valence-electron chi connectivity index (χ4n) is 2.76. The van der Waals surface area contributed by atoms with E-state index >= 15 is 0 Å². The lowest BCUT2D eigenvalue weighted by atomic mass is 10.0. The Kier molecular flexibility index (Phi) is 4.66. The second-order valence-electron chi connectivity index (χ2n) is 6.57. The van der Waals surface area contributed by atoms with E-state index < -0.39 is 0 Å². The second kappa shape index (κ2) is 6.10. The monoisotopic (exact) mass is 276 g/mol. The summed E-state index contributed by atoms with van der Waals surface area (Å²) in [6.07, 6.45) is 1.90. The molecule has 1 aromatic heterocycles. The van der Waals surface area contributed by atoms with Gasteiger partial charge < -0.3 is 10.2 Å². The highest BCUT2D eigenvalue weighted by molar-refractivity contribution is 5.48. The number of hydrogen-bond acceptors (Lipinski definition) is 4. The quantitative estimate of drug-likeness (QED) is 0.918. The van der Waals surface area contributed by atoms with Gasteiger partial charge in [-0.1, -0.05) is 6.07 Å². The number of hydrogen-bond donors (Lipinski definition) is 1. The molecule has 1 fully saturated rings. The van der Waals surface area contributed by atoms with E-state index in [1.165, 1.54) is 5.56 Å². The summed E-state index contributed by atoms with van der Waals surface area (Å²) in [6, 6.07) is 4.54. The van der Waals surface area contributed by atoms with Crippen molar-refractivity contribution in [2.24, 2.45) is 0 Å². The van der Waals surface area contributed by atoms with Crippen LogP contribution in [0.2, 0.25) is 0 Å². The highest BCUT2D eigenvalue weighted by Gasteiger charge is 2.27. The topological polar surface area (TPSA) is 31.4 Å². The highest BCUT2D eigenvalue weighted by atomic mass is 15.3. The fraction of sp³-hybridized carbons (Fsp3) is 0.688. The average molecular weight is 276 g/mol. The van der Waals surface area contributed by atoms with Crippen LogP contribution in [0.5, 0.6) is 0 Å². The fourth-order valence-corrected chi connectivity index (χ4v) is 2.76. The van der Waals surface area contributed by atoms with Crippen molar-refractivity contribution in [2.75, 3.05) is 38.1 Å². The van der Waals surface area contributed by atoms with E-state index in [2.05, 4.69) is 53.9 Å². The molecule has 1 aliphatic heterocycles. The maximum Gasteiger partial charge on any atom is 0.133 e. The molecule has 0 radical (unpaired) electrons. The Morgan fingerprint density at radius 1 is 1.20 bits per heavy atom. The first kappa shape index (κ1) is 15.3. The molecule has 1 unspecified atom stereocenters. The molecule has 0 amide bonds. The van der Waals surface area contributed by atoms with E-state index in [0.29, 0.717) is 6.04 Å². The van der Waals surface area contributed by atoms with Crippen molar-refractivity contribution < 1.29 is 0 Å². The van der Waals surface area contributed by atoms with Crippen molar-refractivity contribution in [1.82, 2.24) is 15.2 Å². The smallest absolute Gasteiger partial charge is 0.133 e. The number of nitrogens with one attached hydrogen (secondary N) is 1. The Morgan fingerprint density at radius 2 is 1.85 bits per heavy atom. The van der Waals surface area contributed by atoms with E-state index in [1.54, 1.807) is 0 Å². The van der Waals surface area contributed by atoms with Crippen molar-refractivity contribution in [2.45, 2.75) is 39.3 Å². The van der Waals surface area contributed by atoms with Crippen LogP contribution in [-0.2, 0) is 0 Å². The third-order valence-electron chi connectivity index (χ3n) is 4.24. The lowest BCUT2D eigenvalue weighted by Crippen LogP contribution is -2.53. The molecular weight excluding hydrogens is 248 g/mol. The lowest BCUT2D eigenvalue weighted by molar-refractivity contribution is 0.128. The summed E-state index contributed by atoms with van der Waals surface area (Å²) >= 11 is 0. The number of nitrogens with zero attached hydrogens (tertiary/aromatic N) is 3. The molecular formula is C16H28N4. The zero-order valence-corrected chi connectivity index (χ0v) is 13.5. The van der Waals surface area contributed by atoms with Gasteiger partial charge in [0.15, 0.2) is 0 Å². The first-order valence-corrected chi connectivity index (χ1v) is 7.55. The molecule has 0 aliphatic carbocycles. The average Bonchev–Trinajstić information content (AvgIpc) is 2.45. The highest BCUT2D eigenvalue weighted by Crippen LogP contribution is 2.25. The molecule has 4 heteroatoms. The number of aromatic nitrogens is 1. The normalized spacial score (nSPS) is 19.1. The summed E-state index contributed by atoms with van der Waals surface area (Å²) in [5, 5.41) is 3.32. The van der Waals surface area contributed by atoms with E-state index in [0.717, 1.165) is 32.0 Å². The van der Waals surface area contributed by atoms with Gasteiger partial charge in [-0.15, -0.1) is 0 Å². The van der Waals surface area contributed by atoms with Crippen LogP contribution in [-0.4, -0.2) is 48.6 Å². The third kappa shape index (κ3) is 3.30. The summed E-state index contributed by atoms with van der Waals surface area (Å²) in [4.78, 5) is 9.60. The zero-order chi connectivity index (χ0) is 14.8. The summed E-state index contributed by atoms with van der Waals surface area (Å²) in [5.41, 5.74) is 1.55. The summed E-state index contributed by atoms with van der Waals surface area (Å²) in [6.45, 7) is 13.4. The van der Waals surface area contributed by atoms with E-state index in [1.807, 2.05) is 19.3 Å². The van der Waals surface area contributed by atoms with Crippen molar-refractivity contribution in [3.63, 3.8) is 0 Å². The van der Waals surface area contributed by atoms with Crippen LogP contribution in [0.1, 0.15) is 39.3 Å². The van der Waals surface area contributed by atoms with Crippen LogP contribution in [0.3, 0.4) is 0 Å². The maximum atomic E-state index is 4.63. The van der Waals surface area contributed by atoms with Crippen LogP contribution in [0.25, 0.3) is 0 Å². The minimum atomic E-state index is 0.261. The van der Waals surface area contributed by atoms with Crippen LogP contribution in [0.15, 0.2) is 18.3 Å². The van der Waals surface area contributed by atoms with E-state index in [4.69, 9.17) is 0 Å². The molecule has 20 heavy (non-hydrogen) atoms. The Hall–Kier alpha value is -1.13. The molecule has 4 nitrogen and oxygen atoms in total. The predicted octanol–water partition coefficient (Wildman–Crippen LogP) is 2.28. The van der Waals surface area contributed by atoms with Crippen LogP contribution >= 0.6 is 0 Å². The SMILES string of the molecule is CNC(C)c1cccnc1N1CCN(C(C)(C)C)CC1. The number of anilines is 1. The van der Waals surface area contributed by atoms with Gasteiger partial charge in [0.05, 0.1) is 0 Å². The minimum absolute atomic E-state index is 0.261. The molecule has 1 saturated heterocycles. The summed E-state index contributed by atoms with van der Waals surface area (Å²) < 4.78 is 0. The molecule has 0 aromatic carbocycles. The van der Waals surface area contributed by atoms with Gasteiger partial charge in [0.1, 0.15) is 5.82 Å². The largest absolute Gasteiger partial charge is 0.354 e. The van der Waals surface area contributed by atoms with Gasteiger partial charge in [0.2, 0.25) is 0 Å². The van der Waals surface area contributed by atoms with Crippen LogP contribution in [0, 0.1) is 0 Å². The Balaban J connectivity index is 2.11. The Labute approximate surface area is 123 Å².